The standard InChI is InChI=1S/C15H22N2O3/c1-2-5-12(16)15(18)17-10-11-6-3-7-13-14(11)20-9-4-8-19-13/h3,6-7,12H,2,4-5,8-10,16H2,1H3,(H,17,18). The Labute approximate surface area is 119 Å². The highest BCUT2D eigenvalue weighted by molar-refractivity contribution is 5.81. The maximum atomic E-state index is 11.8. The average Bonchev–Trinajstić information content (AvgIpc) is 2.70. The summed E-state index contributed by atoms with van der Waals surface area (Å²) in [7, 11) is 0. The van der Waals surface area contributed by atoms with E-state index in [9.17, 15) is 4.79 Å². The fourth-order valence-corrected chi connectivity index (χ4v) is 2.15. The minimum Gasteiger partial charge on any atom is -0.490 e. The van der Waals surface area contributed by atoms with E-state index in [0.29, 0.717) is 26.2 Å². The molecule has 1 aliphatic rings. The number of amides is 1. The van der Waals surface area contributed by atoms with E-state index in [2.05, 4.69) is 5.32 Å². The van der Waals surface area contributed by atoms with Gasteiger partial charge in [-0.3, -0.25) is 4.79 Å². The van der Waals surface area contributed by atoms with Gasteiger partial charge in [0.15, 0.2) is 11.5 Å². The van der Waals surface area contributed by atoms with E-state index >= 15 is 0 Å². The fourth-order valence-electron chi connectivity index (χ4n) is 2.15. The summed E-state index contributed by atoms with van der Waals surface area (Å²) in [5.74, 6) is 1.35. The van der Waals surface area contributed by atoms with Gasteiger partial charge in [-0.15, -0.1) is 0 Å². The van der Waals surface area contributed by atoms with Gasteiger partial charge in [0.25, 0.3) is 0 Å². The molecule has 1 aromatic rings. The van der Waals surface area contributed by atoms with Gasteiger partial charge in [-0.2, -0.15) is 0 Å². The van der Waals surface area contributed by atoms with Crippen molar-refractivity contribution in [1.82, 2.24) is 5.32 Å². The summed E-state index contributed by atoms with van der Waals surface area (Å²) < 4.78 is 11.3. The molecular formula is C15H22N2O3. The molecule has 0 bridgehead atoms. The van der Waals surface area contributed by atoms with E-state index in [1.807, 2.05) is 25.1 Å². The van der Waals surface area contributed by atoms with Crippen LogP contribution >= 0.6 is 0 Å². The number of nitrogens with two attached hydrogens (primary N) is 1. The molecule has 1 heterocycles. The zero-order valence-corrected chi connectivity index (χ0v) is 11.9. The Bertz CT molecular complexity index is 462. The molecule has 1 atom stereocenters. The van der Waals surface area contributed by atoms with E-state index in [1.54, 1.807) is 0 Å². The summed E-state index contributed by atoms with van der Waals surface area (Å²) in [6, 6.07) is 5.27. The van der Waals surface area contributed by atoms with Crippen molar-refractivity contribution >= 4 is 5.91 Å². The van der Waals surface area contributed by atoms with Crippen LogP contribution in [0.1, 0.15) is 31.7 Å². The summed E-state index contributed by atoms with van der Waals surface area (Å²) in [4.78, 5) is 11.8. The second-order valence-electron chi connectivity index (χ2n) is 4.91. The van der Waals surface area contributed by atoms with Gasteiger partial charge in [-0.05, 0) is 12.5 Å². The highest BCUT2D eigenvalue weighted by atomic mass is 16.5. The molecular weight excluding hydrogens is 256 g/mol. The Kier molecular flexibility index (Phi) is 5.24. The van der Waals surface area contributed by atoms with Crippen molar-refractivity contribution in [2.75, 3.05) is 13.2 Å². The highest BCUT2D eigenvalue weighted by Crippen LogP contribution is 2.33. The smallest absolute Gasteiger partial charge is 0.237 e. The zero-order chi connectivity index (χ0) is 14.4. The van der Waals surface area contributed by atoms with Gasteiger partial charge in [-0.1, -0.05) is 25.5 Å². The molecule has 2 rings (SSSR count). The Morgan fingerprint density at radius 2 is 2.20 bits per heavy atom. The molecule has 1 unspecified atom stereocenters. The molecule has 0 saturated carbocycles. The number of rotatable bonds is 5. The van der Waals surface area contributed by atoms with Gasteiger partial charge >= 0.3 is 0 Å². The van der Waals surface area contributed by atoms with Crippen molar-refractivity contribution in [2.45, 2.75) is 38.8 Å². The van der Waals surface area contributed by atoms with E-state index < -0.39 is 6.04 Å². The minimum absolute atomic E-state index is 0.126. The van der Waals surface area contributed by atoms with Crippen molar-refractivity contribution in [3.05, 3.63) is 23.8 Å². The first-order valence-electron chi connectivity index (χ1n) is 7.13. The third-order valence-corrected chi connectivity index (χ3v) is 3.24. The van der Waals surface area contributed by atoms with Gasteiger partial charge < -0.3 is 20.5 Å². The SMILES string of the molecule is CCCC(N)C(=O)NCc1cccc2c1OCCCO2. The lowest BCUT2D eigenvalue weighted by Crippen LogP contribution is -2.40. The summed E-state index contributed by atoms with van der Waals surface area (Å²) in [5.41, 5.74) is 6.70. The van der Waals surface area contributed by atoms with E-state index in [0.717, 1.165) is 29.9 Å². The number of hydrogen-bond donors (Lipinski definition) is 2. The van der Waals surface area contributed by atoms with Gasteiger partial charge in [-0.25, -0.2) is 0 Å². The highest BCUT2D eigenvalue weighted by Gasteiger charge is 2.16. The number of carbonyl (C=O) groups excluding carboxylic acids is 1. The molecule has 3 N–H and O–H groups in total. The Balaban J connectivity index is 2.01. The van der Waals surface area contributed by atoms with Gasteiger partial charge in [0.05, 0.1) is 19.3 Å². The van der Waals surface area contributed by atoms with Crippen LogP contribution in [-0.4, -0.2) is 25.2 Å². The number of ether oxygens (including phenoxy) is 2. The number of nitrogens with one attached hydrogen (secondary N) is 1. The molecule has 0 fully saturated rings. The van der Waals surface area contributed by atoms with E-state index in [1.165, 1.54) is 0 Å². The predicted molar refractivity (Wildman–Crippen MR) is 76.8 cm³/mol. The zero-order valence-electron chi connectivity index (χ0n) is 11.9. The van der Waals surface area contributed by atoms with Crippen molar-refractivity contribution < 1.29 is 14.3 Å². The van der Waals surface area contributed by atoms with Crippen LogP contribution in [0.4, 0.5) is 0 Å². The van der Waals surface area contributed by atoms with Crippen LogP contribution in [0.2, 0.25) is 0 Å². The van der Waals surface area contributed by atoms with Gasteiger partial charge in [0, 0.05) is 18.5 Å². The van der Waals surface area contributed by atoms with Crippen LogP contribution in [0, 0.1) is 0 Å². The van der Waals surface area contributed by atoms with Crippen molar-refractivity contribution in [3.8, 4) is 11.5 Å². The molecule has 0 radical (unpaired) electrons. The second kappa shape index (κ2) is 7.14. The summed E-state index contributed by atoms with van der Waals surface area (Å²) in [6.07, 6.45) is 2.45. The fraction of sp³-hybridized carbons (Fsp3) is 0.533. The van der Waals surface area contributed by atoms with Crippen LogP contribution in [0.25, 0.3) is 0 Å². The molecule has 0 aromatic heterocycles. The van der Waals surface area contributed by atoms with Crippen LogP contribution < -0.4 is 20.5 Å². The largest absolute Gasteiger partial charge is 0.490 e. The first-order valence-corrected chi connectivity index (χ1v) is 7.13. The lowest BCUT2D eigenvalue weighted by Gasteiger charge is -2.15. The molecule has 1 aliphatic heterocycles. The lowest BCUT2D eigenvalue weighted by molar-refractivity contribution is -0.122. The molecule has 0 saturated heterocycles. The van der Waals surface area contributed by atoms with Crippen molar-refractivity contribution in [2.24, 2.45) is 5.73 Å². The summed E-state index contributed by atoms with van der Waals surface area (Å²) in [6.45, 7) is 3.70. The third-order valence-electron chi connectivity index (χ3n) is 3.24. The van der Waals surface area contributed by atoms with Crippen LogP contribution in [-0.2, 0) is 11.3 Å². The summed E-state index contributed by atoms with van der Waals surface area (Å²) >= 11 is 0. The van der Waals surface area contributed by atoms with Crippen LogP contribution in [0.3, 0.4) is 0 Å². The topological polar surface area (TPSA) is 73.6 Å². The predicted octanol–water partition coefficient (Wildman–Crippen LogP) is 1.59. The van der Waals surface area contributed by atoms with Gasteiger partial charge in [0.1, 0.15) is 0 Å². The number of para-hydroxylation sites is 1. The molecule has 110 valence electrons. The molecule has 20 heavy (non-hydrogen) atoms. The molecule has 1 aromatic carbocycles. The Morgan fingerprint density at radius 1 is 1.40 bits per heavy atom. The average molecular weight is 278 g/mol. The van der Waals surface area contributed by atoms with Crippen LogP contribution in [0.5, 0.6) is 11.5 Å². The maximum Gasteiger partial charge on any atom is 0.237 e. The quantitative estimate of drug-likeness (QED) is 0.858. The van der Waals surface area contributed by atoms with E-state index in [4.69, 9.17) is 15.2 Å². The second-order valence-corrected chi connectivity index (χ2v) is 4.91. The molecule has 0 aliphatic carbocycles. The molecule has 5 heteroatoms. The minimum atomic E-state index is -0.445. The number of hydrogen-bond acceptors (Lipinski definition) is 4. The molecule has 1 amide bonds. The Morgan fingerprint density at radius 3 is 3.00 bits per heavy atom. The molecule has 5 nitrogen and oxygen atoms in total. The lowest BCUT2D eigenvalue weighted by atomic mass is 10.1. The number of carbonyl (C=O) groups is 1. The Hall–Kier alpha value is -1.75. The summed E-state index contributed by atoms with van der Waals surface area (Å²) in [5, 5.41) is 2.85. The van der Waals surface area contributed by atoms with Gasteiger partial charge in [0.2, 0.25) is 5.91 Å². The molecule has 0 spiro atoms. The monoisotopic (exact) mass is 278 g/mol. The van der Waals surface area contributed by atoms with Crippen molar-refractivity contribution in [3.63, 3.8) is 0 Å². The first kappa shape index (κ1) is 14.7. The number of benzene rings is 1. The number of fused-ring (bicyclic) bond motifs is 1. The first-order chi connectivity index (χ1) is 9.72. The maximum absolute atomic E-state index is 11.8. The van der Waals surface area contributed by atoms with Crippen molar-refractivity contribution in [1.29, 1.82) is 0 Å². The third kappa shape index (κ3) is 3.63. The van der Waals surface area contributed by atoms with E-state index in [-0.39, 0.29) is 5.91 Å². The van der Waals surface area contributed by atoms with Crippen LogP contribution in [0.15, 0.2) is 18.2 Å². The normalized spacial score (nSPS) is 15.3.